The van der Waals surface area contributed by atoms with Crippen LogP contribution in [0.25, 0.3) is 11.4 Å². The highest BCUT2D eigenvalue weighted by Gasteiger charge is 2.38. The SMILES string of the molecule is C.COCc1cc(-c2noc(C(F)(F)F)n2)cc(C)c1OCCCc1cc(C)no1.COCc1cc(/C(N)=N/O)cc(C)c1OCCCc1cc(C)no1.[2HH]. The van der Waals surface area contributed by atoms with Crippen LogP contribution in [0.2, 0.25) is 0 Å². The number of benzene rings is 2. The zero-order chi connectivity index (χ0) is 38.5. The third-order valence-corrected chi connectivity index (χ3v) is 7.61. The molecule has 54 heavy (non-hydrogen) atoms. The number of rotatable bonds is 16. The molecular weight excluding hydrogens is 713 g/mol. The maximum absolute atomic E-state index is 12.7. The van der Waals surface area contributed by atoms with Gasteiger partial charge in [-0.3, -0.25) is 0 Å². The average Bonchev–Trinajstić information content (AvgIpc) is 3.88. The van der Waals surface area contributed by atoms with Gasteiger partial charge < -0.3 is 43.5 Å². The number of hydrogen-bond donors (Lipinski definition) is 2. The lowest BCUT2D eigenvalue weighted by Crippen LogP contribution is -2.14. The number of nitrogens with zero attached hydrogens (tertiary/aromatic N) is 5. The second kappa shape index (κ2) is 20.1. The van der Waals surface area contributed by atoms with Crippen LogP contribution in [0, 0.1) is 27.7 Å². The number of halogens is 3. The average molecular weight is 764 g/mol. The number of aryl methyl sites for hydroxylation is 6. The number of oxime groups is 1. The highest BCUT2D eigenvalue weighted by atomic mass is 19.4. The fourth-order valence-electron chi connectivity index (χ4n) is 5.33. The summed E-state index contributed by atoms with van der Waals surface area (Å²) in [6, 6.07) is 10.7. The minimum Gasteiger partial charge on any atom is -0.493 e. The van der Waals surface area contributed by atoms with E-state index >= 15 is 0 Å². The van der Waals surface area contributed by atoms with Gasteiger partial charge in [-0.05, 0) is 75.9 Å². The van der Waals surface area contributed by atoms with E-state index in [0.717, 1.165) is 58.2 Å². The molecule has 14 nitrogen and oxygen atoms in total. The second-order valence-electron chi connectivity index (χ2n) is 12.1. The number of hydrogen-bond acceptors (Lipinski definition) is 13. The van der Waals surface area contributed by atoms with E-state index in [1.807, 2.05) is 39.0 Å². The maximum Gasteiger partial charge on any atom is 0.471 e. The summed E-state index contributed by atoms with van der Waals surface area (Å²) < 4.78 is 75.1. The van der Waals surface area contributed by atoms with Crippen LogP contribution in [0.3, 0.4) is 0 Å². The molecule has 17 heteroatoms. The van der Waals surface area contributed by atoms with Gasteiger partial charge in [-0.15, -0.1) is 0 Å². The van der Waals surface area contributed by atoms with Crippen molar-refractivity contribution in [2.45, 2.75) is 80.2 Å². The largest absolute Gasteiger partial charge is 0.493 e. The Bertz CT molecular complexity index is 1960. The summed E-state index contributed by atoms with van der Waals surface area (Å²) in [7, 11) is 3.13. The topological polar surface area (TPSA) is 187 Å². The molecule has 3 N–H and O–H groups in total. The van der Waals surface area contributed by atoms with Crippen molar-refractivity contribution in [3.05, 3.63) is 93.0 Å². The van der Waals surface area contributed by atoms with Crippen molar-refractivity contribution in [1.82, 2.24) is 20.5 Å². The predicted molar refractivity (Wildman–Crippen MR) is 194 cm³/mol. The zero-order valence-corrected chi connectivity index (χ0v) is 30.4. The minimum atomic E-state index is -4.69. The fourth-order valence-corrected chi connectivity index (χ4v) is 5.33. The van der Waals surface area contributed by atoms with Gasteiger partial charge in [0.05, 0.1) is 37.8 Å². The first-order valence-electron chi connectivity index (χ1n) is 16.6. The van der Waals surface area contributed by atoms with E-state index in [4.69, 9.17) is 38.9 Å². The molecule has 0 saturated heterocycles. The lowest BCUT2D eigenvalue weighted by atomic mass is 10.0. The van der Waals surface area contributed by atoms with Crippen LogP contribution in [0.5, 0.6) is 11.5 Å². The Labute approximate surface area is 312 Å². The molecule has 3 heterocycles. The Kier molecular flexibility index (Phi) is 16.0. The molecule has 3 aromatic heterocycles. The van der Waals surface area contributed by atoms with Crippen LogP contribution in [-0.4, -0.2) is 58.9 Å². The number of alkyl halides is 3. The molecule has 5 rings (SSSR count). The molecule has 0 atom stereocenters. The Morgan fingerprint density at radius 1 is 0.778 bits per heavy atom. The van der Waals surface area contributed by atoms with Crippen molar-refractivity contribution in [2.24, 2.45) is 10.9 Å². The molecule has 5 aromatic rings. The van der Waals surface area contributed by atoms with Crippen LogP contribution >= 0.6 is 0 Å². The minimum absolute atomic E-state index is 0. The van der Waals surface area contributed by atoms with Crippen LogP contribution < -0.4 is 15.2 Å². The Hall–Kier alpha value is -5.42. The van der Waals surface area contributed by atoms with Gasteiger partial charge in [0, 0.05) is 62.9 Å². The molecule has 0 unspecified atom stereocenters. The first-order chi connectivity index (χ1) is 25.3. The summed E-state index contributed by atoms with van der Waals surface area (Å²) >= 11 is 0. The molecule has 0 fully saturated rings. The highest BCUT2D eigenvalue weighted by Crippen LogP contribution is 2.33. The van der Waals surface area contributed by atoms with Gasteiger partial charge in [-0.2, -0.15) is 18.2 Å². The predicted octanol–water partition coefficient (Wildman–Crippen LogP) is 7.94. The first-order valence-corrected chi connectivity index (χ1v) is 16.6. The van der Waals surface area contributed by atoms with Crippen molar-refractivity contribution >= 4 is 5.84 Å². The van der Waals surface area contributed by atoms with Gasteiger partial charge in [0.15, 0.2) is 5.84 Å². The summed E-state index contributed by atoms with van der Waals surface area (Å²) in [5.74, 6) is 1.54. The highest BCUT2D eigenvalue weighted by molar-refractivity contribution is 5.97. The third-order valence-electron chi connectivity index (χ3n) is 7.61. The Balaban J connectivity index is 0.000000373. The van der Waals surface area contributed by atoms with Gasteiger partial charge in [-0.25, -0.2) is 0 Å². The van der Waals surface area contributed by atoms with Gasteiger partial charge in [0.25, 0.3) is 0 Å². The molecule has 0 spiro atoms. The number of aromatic nitrogens is 4. The Morgan fingerprint density at radius 2 is 1.30 bits per heavy atom. The van der Waals surface area contributed by atoms with E-state index in [2.05, 4.69) is 30.1 Å². The van der Waals surface area contributed by atoms with E-state index in [0.29, 0.717) is 55.1 Å². The lowest BCUT2D eigenvalue weighted by molar-refractivity contribution is -0.159. The van der Waals surface area contributed by atoms with Crippen LogP contribution in [0.4, 0.5) is 13.2 Å². The summed E-state index contributed by atoms with van der Waals surface area (Å²) in [5, 5.41) is 23.0. The van der Waals surface area contributed by atoms with Crippen molar-refractivity contribution < 1.29 is 52.3 Å². The molecule has 0 bridgehead atoms. The van der Waals surface area contributed by atoms with E-state index in [1.54, 1.807) is 32.2 Å². The molecular formula is C37H49F3N6O8. The number of methoxy groups -OCH3 is 2. The first kappa shape index (κ1) is 43.0. The molecule has 0 aliphatic heterocycles. The van der Waals surface area contributed by atoms with E-state index in [-0.39, 0.29) is 27.1 Å². The second-order valence-corrected chi connectivity index (χ2v) is 12.1. The van der Waals surface area contributed by atoms with E-state index in [1.165, 1.54) is 7.11 Å². The molecule has 0 aliphatic rings. The van der Waals surface area contributed by atoms with E-state index < -0.39 is 12.1 Å². The van der Waals surface area contributed by atoms with E-state index in [9.17, 15) is 13.2 Å². The van der Waals surface area contributed by atoms with Gasteiger partial charge in [0.1, 0.15) is 23.0 Å². The van der Waals surface area contributed by atoms with Crippen LogP contribution in [0.15, 0.2) is 55.1 Å². The standard InChI is InChI=1S/C19H20F3N3O4.C17H23N3O4.CH4.H2/c1-11-7-13(17-23-18(29-25-17)19(20,21)22)9-14(10-26-3)16(11)27-6-4-5-15-8-12(2)24-28-15;1-11-7-13(17(18)19-21)9-14(10-22-3)16(11)23-6-4-5-15-8-12(2)20-24-15;;/h7-9H,4-6,10H2,1-3H3;7-9,21H,4-6,10H2,1-3H3,(H2,18,19);1H4;1H/i;;;1+1. The van der Waals surface area contributed by atoms with Crippen molar-refractivity contribution in [3.8, 4) is 22.9 Å². The van der Waals surface area contributed by atoms with Crippen LogP contribution in [-0.2, 0) is 41.7 Å². The summed E-state index contributed by atoms with van der Waals surface area (Å²) in [6.45, 7) is 9.03. The molecule has 0 saturated carbocycles. The summed E-state index contributed by atoms with van der Waals surface area (Å²) in [6.07, 6.45) is -1.73. The van der Waals surface area contributed by atoms with Gasteiger partial charge >= 0.3 is 12.1 Å². The maximum atomic E-state index is 12.7. The van der Waals surface area contributed by atoms with Crippen molar-refractivity contribution in [2.75, 3.05) is 27.4 Å². The Morgan fingerprint density at radius 3 is 1.74 bits per heavy atom. The fraction of sp³-hybridized carbons (Fsp3) is 0.432. The van der Waals surface area contributed by atoms with Gasteiger partial charge in [-0.1, -0.05) is 28.1 Å². The number of amidine groups is 1. The molecule has 0 aliphatic carbocycles. The monoisotopic (exact) mass is 763 g/mol. The quantitative estimate of drug-likeness (QED) is 0.0325. The third kappa shape index (κ3) is 12.1. The molecule has 0 amide bonds. The van der Waals surface area contributed by atoms with Crippen molar-refractivity contribution in [1.29, 1.82) is 0 Å². The molecule has 2 aromatic carbocycles. The van der Waals surface area contributed by atoms with Crippen molar-refractivity contribution in [3.63, 3.8) is 0 Å². The summed E-state index contributed by atoms with van der Waals surface area (Å²) in [4.78, 5) is 3.43. The van der Waals surface area contributed by atoms with Gasteiger partial charge in [0.2, 0.25) is 5.82 Å². The normalized spacial score (nSPS) is 11.5. The van der Waals surface area contributed by atoms with Crippen LogP contribution in [0.1, 0.15) is 78.3 Å². The molecule has 296 valence electrons. The molecule has 0 radical (unpaired) electrons. The number of nitrogens with two attached hydrogens (primary N) is 1. The number of ether oxygens (including phenoxy) is 4. The smallest absolute Gasteiger partial charge is 0.471 e. The summed E-state index contributed by atoms with van der Waals surface area (Å²) in [5.41, 5.74) is 11.6. The zero-order valence-electron chi connectivity index (χ0n) is 30.4. The lowest BCUT2D eigenvalue weighted by Gasteiger charge is -2.15.